The standard InChI is InChI=1S/C22H26N9O9P/c23-18-14-19(25-6-24-18)31(8-27-14)21-15(32)9-2-1-3-11-16(33)17(40-41(35,36)37-5-12(9)39-21)22(38-11)30-7-26-13-10(30)4-28-29-20(13)34/h4,6-9,11-12,15-17,21-22,32-33H,1-3,5H2,(H,29,34)(H,35,36)(H2,23,24,25)/t9-,11?,12-,15-,16-,17-,21-,22-/m1/s1. The predicted octanol–water partition coefficient (Wildman–Crippen LogP) is -0.639. The number of aromatic amines is 1. The van der Waals surface area contributed by atoms with Gasteiger partial charge in [-0.3, -0.25) is 23.0 Å². The summed E-state index contributed by atoms with van der Waals surface area (Å²) in [5.41, 5.74) is 6.44. The van der Waals surface area contributed by atoms with E-state index in [0.29, 0.717) is 30.4 Å². The van der Waals surface area contributed by atoms with E-state index in [1.807, 2.05) is 0 Å². The number of fused-ring (bicyclic) bond motifs is 5. The second-order valence-electron chi connectivity index (χ2n) is 10.2. The Balaban J connectivity index is 1.16. The number of nitrogens with one attached hydrogen (secondary N) is 1. The number of phosphoric acid groups is 1. The van der Waals surface area contributed by atoms with E-state index in [0.717, 1.165) is 0 Å². The lowest BCUT2D eigenvalue weighted by atomic mass is 9.91. The summed E-state index contributed by atoms with van der Waals surface area (Å²) in [5.74, 6) is -0.343. The van der Waals surface area contributed by atoms with Crippen molar-refractivity contribution >= 4 is 35.8 Å². The highest BCUT2D eigenvalue weighted by Crippen LogP contribution is 2.51. The van der Waals surface area contributed by atoms with Gasteiger partial charge in [0.1, 0.15) is 30.2 Å². The number of phosphoric ester groups is 1. The van der Waals surface area contributed by atoms with Crippen LogP contribution in [0.4, 0.5) is 5.82 Å². The second-order valence-corrected chi connectivity index (χ2v) is 11.6. The fourth-order valence-electron chi connectivity index (χ4n) is 5.88. The third-order valence-corrected chi connectivity index (χ3v) is 8.84. The fraction of sp³-hybridized carbons (Fsp3) is 0.545. The number of aromatic nitrogens is 8. The van der Waals surface area contributed by atoms with E-state index in [4.69, 9.17) is 24.3 Å². The van der Waals surface area contributed by atoms with Gasteiger partial charge in [0.05, 0.1) is 43.2 Å². The second kappa shape index (κ2) is 9.88. The quantitative estimate of drug-likeness (QED) is 0.182. The molecule has 3 fully saturated rings. The van der Waals surface area contributed by atoms with Crippen LogP contribution in [0.5, 0.6) is 0 Å². The zero-order valence-corrected chi connectivity index (χ0v) is 22.1. The van der Waals surface area contributed by atoms with Gasteiger partial charge in [-0.15, -0.1) is 0 Å². The molecule has 41 heavy (non-hydrogen) atoms. The minimum absolute atomic E-state index is 0.0787. The molecule has 7 heterocycles. The molecule has 4 aromatic heterocycles. The van der Waals surface area contributed by atoms with E-state index >= 15 is 0 Å². The number of nitrogens with two attached hydrogens (primary N) is 1. The van der Waals surface area contributed by atoms with Crippen LogP contribution in [-0.4, -0.2) is 91.5 Å². The molecular weight excluding hydrogens is 565 g/mol. The number of aliphatic hydroxyl groups is 2. The maximum Gasteiger partial charge on any atom is 0.472 e. The highest BCUT2D eigenvalue weighted by molar-refractivity contribution is 7.47. The normalized spacial score (nSPS) is 36.3. The first kappa shape index (κ1) is 26.5. The molecule has 18 nitrogen and oxygen atoms in total. The number of nitrogen functional groups attached to an aromatic ring is 1. The van der Waals surface area contributed by atoms with Gasteiger partial charge in [-0.1, -0.05) is 6.42 Å². The lowest BCUT2D eigenvalue weighted by Crippen LogP contribution is -2.35. The van der Waals surface area contributed by atoms with Crippen LogP contribution in [0.1, 0.15) is 31.7 Å². The van der Waals surface area contributed by atoms with Crippen molar-refractivity contribution in [2.75, 3.05) is 12.3 Å². The number of rotatable bonds is 2. The van der Waals surface area contributed by atoms with Crippen molar-refractivity contribution in [2.24, 2.45) is 5.92 Å². The van der Waals surface area contributed by atoms with E-state index in [2.05, 4.69) is 30.1 Å². The first-order valence-electron chi connectivity index (χ1n) is 12.9. The number of hydrogen-bond acceptors (Lipinski definition) is 14. The Labute approximate surface area is 229 Å². The van der Waals surface area contributed by atoms with Gasteiger partial charge in [-0.05, 0) is 12.8 Å². The summed E-state index contributed by atoms with van der Waals surface area (Å²) in [4.78, 5) is 39.2. The molecule has 0 spiro atoms. The molecule has 0 amide bonds. The van der Waals surface area contributed by atoms with Crippen LogP contribution < -0.4 is 11.3 Å². The lowest BCUT2D eigenvalue weighted by molar-refractivity contribution is -0.0568. The number of ether oxygens (including phenoxy) is 2. The zero-order valence-electron chi connectivity index (χ0n) is 21.2. The van der Waals surface area contributed by atoms with Gasteiger partial charge in [0.2, 0.25) is 0 Å². The first-order valence-corrected chi connectivity index (χ1v) is 14.4. The monoisotopic (exact) mass is 591 g/mol. The highest BCUT2D eigenvalue weighted by atomic mass is 31.2. The van der Waals surface area contributed by atoms with Gasteiger partial charge < -0.3 is 30.3 Å². The molecule has 2 bridgehead atoms. The topological polar surface area (TPSA) is 248 Å². The summed E-state index contributed by atoms with van der Waals surface area (Å²) in [6.45, 7) is -0.388. The van der Waals surface area contributed by atoms with Gasteiger partial charge in [-0.25, -0.2) is 29.6 Å². The average Bonchev–Trinajstić information content (AvgIpc) is 3.69. The zero-order chi connectivity index (χ0) is 28.5. The summed E-state index contributed by atoms with van der Waals surface area (Å²) >= 11 is 0. The maximum absolute atomic E-state index is 13.1. The molecular formula is C22H26N9O9P. The van der Waals surface area contributed by atoms with Crippen molar-refractivity contribution in [3.63, 3.8) is 0 Å². The minimum Gasteiger partial charge on any atom is -0.388 e. The molecule has 218 valence electrons. The Morgan fingerprint density at radius 1 is 1.00 bits per heavy atom. The predicted molar refractivity (Wildman–Crippen MR) is 136 cm³/mol. The van der Waals surface area contributed by atoms with Crippen LogP contribution in [0.25, 0.3) is 22.2 Å². The molecule has 4 aromatic rings. The van der Waals surface area contributed by atoms with Crippen LogP contribution in [0.3, 0.4) is 0 Å². The van der Waals surface area contributed by atoms with Crippen molar-refractivity contribution < 1.29 is 38.2 Å². The van der Waals surface area contributed by atoms with Gasteiger partial charge in [0.25, 0.3) is 5.56 Å². The largest absolute Gasteiger partial charge is 0.472 e. The Bertz CT molecular complexity index is 1710. The fourth-order valence-corrected chi connectivity index (χ4v) is 6.81. The third-order valence-electron chi connectivity index (χ3n) is 7.85. The lowest BCUT2D eigenvalue weighted by Gasteiger charge is -2.26. The van der Waals surface area contributed by atoms with E-state index in [-0.39, 0.29) is 23.5 Å². The Morgan fingerprint density at radius 3 is 2.63 bits per heavy atom. The highest BCUT2D eigenvalue weighted by Gasteiger charge is 2.51. The summed E-state index contributed by atoms with van der Waals surface area (Å²) < 4.78 is 39.1. The van der Waals surface area contributed by atoms with Crippen molar-refractivity contribution in [2.45, 2.75) is 62.2 Å². The van der Waals surface area contributed by atoms with Crippen LogP contribution in [0.2, 0.25) is 0 Å². The number of anilines is 1. The molecule has 2 unspecified atom stereocenters. The molecule has 19 heteroatoms. The number of H-pyrrole nitrogens is 1. The summed E-state index contributed by atoms with van der Waals surface area (Å²) in [5, 5.41) is 28.5. The van der Waals surface area contributed by atoms with E-state index < -0.39 is 62.3 Å². The molecule has 0 radical (unpaired) electrons. The Kier molecular flexibility index (Phi) is 6.40. The molecule has 6 N–H and O–H groups in total. The van der Waals surface area contributed by atoms with Crippen molar-refractivity contribution in [1.29, 1.82) is 0 Å². The molecule has 3 saturated heterocycles. The van der Waals surface area contributed by atoms with Crippen molar-refractivity contribution in [3.05, 3.63) is 35.5 Å². The van der Waals surface area contributed by atoms with Crippen molar-refractivity contribution in [3.8, 4) is 0 Å². The first-order chi connectivity index (χ1) is 19.7. The summed E-state index contributed by atoms with van der Waals surface area (Å²) in [6.07, 6.45) is -0.710. The number of hydrogen-bond donors (Lipinski definition) is 5. The number of nitrogens with zero attached hydrogens (tertiary/aromatic N) is 7. The third kappa shape index (κ3) is 4.43. The average molecular weight is 591 g/mol. The number of imidazole rings is 2. The number of aliphatic hydroxyl groups excluding tert-OH is 2. The van der Waals surface area contributed by atoms with Gasteiger partial charge in [0, 0.05) is 5.92 Å². The smallest absolute Gasteiger partial charge is 0.388 e. The summed E-state index contributed by atoms with van der Waals surface area (Å²) in [7, 11) is -4.80. The molecule has 3 aliphatic rings. The molecule has 0 aliphatic carbocycles. The van der Waals surface area contributed by atoms with E-state index in [1.165, 1.54) is 34.3 Å². The molecule has 9 atom stereocenters. The van der Waals surface area contributed by atoms with Gasteiger partial charge >= 0.3 is 7.82 Å². The van der Waals surface area contributed by atoms with Crippen LogP contribution >= 0.6 is 7.82 Å². The Hall–Kier alpha value is -3.35. The Morgan fingerprint density at radius 2 is 1.78 bits per heavy atom. The molecule has 0 aromatic carbocycles. The van der Waals surface area contributed by atoms with Crippen molar-refractivity contribution in [1.82, 2.24) is 39.3 Å². The van der Waals surface area contributed by atoms with Gasteiger partial charge in [-0.2, -0.15) is 5.10 Å². The van der Waals surface area contributed by atoms with Crippen LogP contribution in [0.15, 0.2) is 30.0 Å². The summed E-state index contributed by atoms with van der Waals surface area (Å²) in [6, 6.07) is 0. The van der Waals surface area contributed by atoms with Gasteiger partial charge in [0.15, 0.2) is 29.4 Å². The van der Waals surface area contributed by atoms with E-state index in [1.54, 1.807) is 0 Å². The van der Waals surface area contributed by atoms with Crippen LogP contribution in [0, 0.1) is 5.92 Å². The maximum atomic E-state index is 13.1. The van der Waals surface area contributed by atoms with Crippen LogP contribution in [-0.2, 0) is 23.1 Å². The van der Waals surface area contributed by atoms with E-state index in [9.17, 15) is 24.5 Å². The SMILES string of the molecule is Nc1ncnc2c1ncn2[C@@H]1O[C@@H]2COP(=O)(O)O[C@@H]3[C@H](O)C(CCC[C@H]2[C@H]1O)O[C@H]3n1cnc2c(=O)[nH]ncc21. The molecule has 7 rings (SSSR count). The molecule has 0 saturated carbocycles. The minimum atomic E-state index is -4.80. The molecule has 3 aliphatic heterocycles.